The highest BCUT2D eigenvalue weighted by Gasteiger charge is 2.41. The number of fused-ring (bicyclic) bond motifs is 8. The second-order valence-corrected chi connectivity index (χ2v) is 26.2. The van der Waals surface area contributed by atoms with Gasteiger partial charge in [0.05, 0.1) is 47.7 Å². The number of rotatable bonds is 23. The van der Waals surface area contributed by atoms with Crippen LogP contribution in [0.5, 0.6) is 17.2 Å². The van der Waals surface area contributed by atoms with E-state index in [0.29, 0.717) is 77.2 Å². The van der Waals surface area contributed by atoms with Crippen LogP contribution in [0.25, 0.3) is 0 Å². The van der Waals surface area contributed by atoms with Crippen LogP contribution in [0.15, 0.2) is 91.0 Å². The van der Waals surface area contributed by atoms with Crippen LogP contribution in [0, 0.1) is 12.8 Å². The summed E-state index contributed by atoms with van der Waals surface area (Å²) < 4.78 is 18.8. The maximum absolute atomic E-state index is 14.3. The number of nitrogens with one attached hydrogen (secondary N) is 2. The quantitative estimate of drug-likeness (QED) is 0.0594. The lowest BCUT2D eigenvalue weighted by Crippen LogP contribution is -2.41. The highest BCUT2D eigenvalue weighted by atomic mass is 33.1. The van der Waals surface area contributed by atoms with Gasteiger partial charge in [-0.2, -0.15) is 0 Å². The summed E-state index contributed by atoms with van der Waals surface area (Å²) in [6.45, 7) is 14.9. The summed E-state index contributed by atoms with van der Waals surface area (Å²) >= 11 is 0. The standard InChI is InChI=1S/C64H76N6O9S2/c1-11-49(71)21-20-40(4)80-81-64(6,7)23-22-60(73)65-41(5)56(72)25-39(3)61(74)66-46-27-42(36-78-57-32-54-50(24-38(57)2)62(75)69-47(34-67(54)8)29-44-16-12-14-18-52(44)69)26-43(28-46)37-79-59-33-55-51(31-58(59)77-10)63(76)70-48(35-68(55)9)30-45-17-13-15-19-53(45)70/h12-19,24,26-28,31-33,39-41,47-48H,11,20-23,25,29-30,34-37H2,1-10H3,(H,65,73)(H,66,74)/t39-,40?,41-,47-,48-/m0/s1. The molecule has 0 radical (unpaired) electrons. The van der Waals surface area contributed by atoms with Crippen molar-refractivity contribution in [3.05, 3.63) is 130 Å². The minimum atomic E-state index is -0.793. The third-order valence-electron chi connectivity index (χ3n) is 15.9. The van der Waals surface area contributed by atoms with E-state index >= 15 is 0 Å². The molecule has 0 spiro atoms. The average molecular weight is 1140 g/mol. The third kappa shape index (κ3) is 13.4. The first-order valence-corrected chi connectivity index (χ1v) is 30.4. The van der Waals surface area contributed by atoms with Crippen molar-refractivity contribution in [1.29, 1.82) is 0 Å². The zero-order valence-corrected chi connectivity index (χ0v) is 49.9. The van der Waals surface area contributed by atoms with Crippen molar-refractivity contribution in [3.8, 4) is 17.2 Å². The Hall–Kier alpha value is -6.98. The summed E-state index contributed by atoms with van der Waals surface area (Å²) in [5.74, 6) is -0.0440. The van der Waals surface area contributed by atoms with Gasteiger partial charge in [-0.1, -0.05) is 78.8 Å². The highest BCUT2D eigenvalue weighted by Crippen LogP contribution is 2.45. The molecule has 5 aromatic carbocycles. The summed E-state index contributed by atoms with van der Waals surface area (Å²) in [5.41, 5.74) is 9.50. The van der Waals surface area contributed by atoms with Crippen molar-refractivity contribution in [3.63, 3.8) is 0 Å². The number of anilines is 5. The van der Waals surface area contributed by atoms with Crippen LogP contribution in [0.2, 0.25) is 0 Å². The number of benzene rings is 5. The second-order valence-electron chi connectivity index (χ2n) is 22.9. The van der Waals surface area contributed by atoms with Crippen molar-refractivity contribution in [2.45, 2.75) is 141 Å². The van der Waals surface area contributed by atoms with E-state index < -0.39 is 12.0 Å². The summed E-state index contributed by atoms with van der Waals surface area (Å²) in [4.78, 5) is 89.2. The summed E-state index contributed by atoms with van der Waals surface area (Å²) in [6, 6.07) is 28.3. The van der Waals surface area contributed by atoms with Crippen molar-refractivity contribution < 1.29 is 43.0 Å². The van der Waals surface area contributed by atoms with Crippen molar-refractivity contribution in [1.82, 2.24) is 5.32 Å². The number of ketones is 2. The van der Waals surface area contributed by atoms with Gasteiger partial charge in [0.15, 0.2) is 17.3 Å². The summed E-state index contributed by atoms with van der Waals surface area (Å²) in [7, 11) is 8.98. The first-order chi connectivity index (χ1) is 38.7. The van der Waals surface area contributed by atoms with Crippen LogP contribution in [-0.4, -0.2) is 97.6 Å². The third-order valence-corrected chi connectivity index (χ3v) is 19.9. The smallest absolute Gasteiger partial charge is 0.260 e. The molecule has 0 bridgehead atoms. The Morgan fingerprint density at radius 1 is 0.716 bits per heavy atom. The lowest BCUT2D eigenvalue weighted by molar-refractivity contribution is -0.129. The van der Waals surface area contributed by atoms with Crippen molar-refractivity contribution >= 4 is 85.2 Å². The number of Topliss-reactive ketones (excluding diaryl/α,β-unsaturated/α-hetero) is 2. The van der Waals surface area contributed by atoms with Gasteiger partial charge < -0.3 is 44.4 Å². The van der Waals surface area contributed by atoms with Gasteiger partial charge in [0.1, 0.15) is 24.7 Å². The molecule has 4 aliphatic heterocycles. The fraction of sp³-hybridized carbons (Fsp3) is 0.438. The molecule has 15 nitrogen and oxygen atoms in total. The maximum atomic E-state index is 14.3. The predicted molar refractivity (Wildman–Crippen MR) is 325 cm³/mol. The Bertz CT molecular complexity index is 3240. The van der Waals surface area contributed by atoms with Gasteiger partial charge in [-0.15, -0.1) is 0 Å². The number of nitrogens with zero attached hydrogens (tertiary/aromatic N) is 4. The molecule has 81 heavy (non-hydrogen) atoms. The fourth-order valence-electron chi connectivity index (χ4n) is 11.3. The number of methoxy groups -OCH3 is 1. The molecule has 4 aliphatic rings. The molecule has 0 aliphatic carbocycles. The van der Waals surface area contributed by atoms with Crippen LogP contribution >= 0.6 is 21.6 Å². The van der Waals surface area contributed by atoms with Crippen molar-refractivity contribution in [2.24, 2.45) is 5.92 Å². The van der Waals surface area contributed by atoms with Crippen LogP contribution < -0.4 is 44.4 Å². The average Bonchev–Trinajstić information content (AvgIpc) is 4.21. The number of carbonyl (C=O) groups is 6. The zero-order valence-electron chi connectivity index (χ0n) is 48.3. The minimum absolute atomic E-state index is 0.00169. The Balaban J connectivity index is 0.898. The molecule has 4 amide bonds. The van der Waals surface area contributed by atoms with E-state index in [2.05, 4.69) is 53.3 Å². The number of ether oxygens (including phenoxy) is 3. The highest BCUT2D eigenvalue weighted by molar-refractivity contribution is 8.77. The molecular formula is C64H76N6O9S2. The van der Waals surface area contributed by atoms with E-state index in [0.717, 1.165) is 58.7 Å². The maximum Gasteiger partial charge on any atom is 0.260 e. The van der Waals surface area contributed by atoms with Gasteiger partial charge in [-0.25, -0.2) is 0 Å². The van der Waals surface area contributed by atoms with Gasteiger partial charge in [0.25, 0.3) is 11.8 Å². The van der Waals surface area contributed by atoms with Gasteiger partial charge in [0, 0.05) is 98.0 Å². The predicted octanol–water partition coefficient (Wildman–Crippen LogP) is 11.3. The van der Waals surface area contributed by atoms with E-state index in [1.165, 1.54) is 5.56 Å². The summed E-state index contributed by atoms with van der Waals surface area (Å²) in [6.07, 6.45) is 4.23. The molecule has 0 aromatic heterocycles. The molecule has 5 aromatic rings. The molecular weight excluding hydrogens is 1060 g/mol. The molecule has 4 heterocycles. The van der Waals surface area contributed by atoms with E-state index in [4.69, 9.17) is 14.2 Å². The monoisotopic (exact) mass is 1140 g/mol. The fourth-order valence-corrected chi connectivity index (χ4v) is 13.9. The molecule has 17 heteroatoms. The van der Waals surface area contributed by atoms with Crippen LogP contribution in [0.4, 0.5) is 28.4 Å². The number of para-hydroxylation sites is 2. The molecule has 1 unspecified atom stereocenters. The van der Waals surface area contributed by atoms with Gasteiger partial charge in [-0.3, -0.25) is 28.8 Å². The number of amides is 4. The molecule has 2 N–H and O–H groups in total. The van der Waals surface area contributed by atoms with E-state index in [1.54, 1.807) is 48.6 Å². The minimum Gasteiger partial charge on any atom is -0.493 e. The second kappa shape index (κ2) is 25.0. The topological polar surface area (TPSA) is 167 Å². The molecule has 0 saturated heterocycles. The number of carbonyl (C=O) groups excluding carboxylic acids is 6. The number of hydrogen-bond acceptors (Lipinski definition) is 13. The van der Waals surface area contributed by atoms with Crippen LogP contribution in [0.1, 0.15) is 129 Å². The first-order valence-electron chi connectivity index (χ1n) is 28.2. The largest absolute Gasteiger partial charge is 0.493 e. The Kier molecular flexibility index (Phi) is 18.1. The molecule has 428 valence electrons. The lowest BCUT2D eigenvalue weighted by atomic mass is 9.99. The Labute approximate surface area is 484 Å². The first kappa shape index (κ1) is 58.7. The molecule has 9 rings (SSSR count). The summed E-state index contributed by atoms with van der Waals surface area (Å²) in [5, 5.41) is 6.20. The molecule has 5 atom stereocenters. The zero-order chi connectivity index (χ0) is 57.9. The van der Waals surface area contributed by atoms with Gasteiger partial charge in [0.2, 0.25) is 11.8 Å². The lowest BCUT2D eigenvalue weighted by Gasteiger charge is -2.25. The normalized spacial score (nSPS) is 17.3. The van der Waals surface area contributed by atoms with Crippen LogP contribution in [-0.2, 0) is 45.2 Å². The Morgan fingerprint density at radius 3 is 1.85 bits per heavy atom. The van der Waals surface area contributed by atoms with E-state index in [1.807, 2.05) is 111 Å². The van der Waals surface area contributed by atoms with Crippen molar-refractivity contribution in [2.75, 3.05) is 59.2 Å². The number of hydrogen-bond donors (Lipinski definition) is 2. The Morgan fingerprint density at radius 2 is 1.27 bits per heavy atom. The number of likely N-dealkylation sites (N-methyl/N-ethyl adjacent to an activating group) is 2. The SMILES string of the molecule is CCC(=O)CCC(C)SSC(C)(C)CCC(=O)N[C@@H](C)C(=O)C[C@H](C)C(=O)Nc1cc(COc2cc3c(cc2C)C(=O)N2c4ccccc4C[C@H]2CN3C)cc(COc2cc3c(cc2OC)C(=O)N2c4ccccc4C[C@H]2CN3C)c1. The van der Waals surface area contributed by atoms with Gasteiger partial charge in [-0.05, 0) is 124 Å². The van der Waals surface area contributed by atoms with E-state index in [-0.39, 0.29) is 78.1 Å². The number of aryl methyl sites for hydroxylation is 1. The van der Waals surface area contributed by atoms with E-state index in [9.17, 15) is 28.8 Å². The molecule has 0 saturated carbocycles. The van der Waals surface area contributed by atoms with Crippen LogP contribution in [0.3, 0.4) is 0 Å². The van der Waals surface area contributed by atoms with Gasteiger partial charge >= 0.3 is 0 Å². The molecule has 0 fully saturated rings.